The van der Waals surface area contributed by atoms with Gasteiger partial charge in [0.25, 0.3) is 5.56 Å². The molecule has 4 heterocycles. The lowest BCUT2D eigenvalue weighted by Gasteiger charge is -2.35. The number of aryl methyl sites for hydroxylation is 3. The molecule has 1 aliphatic heterocycles. The van der Waals surface area contributed by atoms with Crippen molar-refractivity contribution in [1.29, 1.82) is 0 Å². The smallest absolute Gasteiger partial charge is 0.332 e. The highest BCUT2D eigenvalue weighted by Gasteiger charge is 2.25. The van der Waals surface area contributed by atoms with Crippen LogP contribution < -0.4 is 16.1 Å². The van der Waals surface area contributed by atoms with E-state index in [2.05, 4.69) is 26.1 Å². The number of rotatable bonds is 3. The molecule has 0 bridgehead atoms. The van der Waals surface area contributed by atoms with Gasteiger partial charge >= 0.3 is 5.69 Å². The summed E-state index contributed by atoms with van der Waals surface area (Å²) in [5, 5.41) is 8.73. The SMILES string of the molecule is Cn1c(=O)c2c(ncn2CC(=O)N2CCN(c3cc4c(nn3)CCC4)CC2)n(C)c1=O. The van der Waals surface area contributed by atoms with Crippen molar-refractivity contribution in [3.8, 4) is 0 Å². The van der Waals surface area contributed by atoms with Gasteiger partial charge in [0.1, 0.15) is 6.54 Å². The lowest BCUT2D eigenvalue weighted by Crippen LogP contribution is -2.50. The molecule has 1 aliphatic carbocycles. The molecular weight excluding hydrogens is 400 g/mol. The number of hydrogen-bond acceptors (Lipinski definition) is 7. The van der Waals surface area contributed by atoms with Gasteiger partial charge in [-0.05, 0) is 30.9 Å². The number of imidazole rings is 1. The Labute approximate surface area is 177 Å². The molecule has 1 saturated heterocycles. The molecule has 11 heteroatoms. The number of carbonyl (C=O) groups excluding carboxylic acids is 1. The molecule has 0 aromatic carbocycles. The third kappa shape index (κ3) is 3.20. The summed E-state index contributed by atoms with van der Waals surface area (Å²) in [5.41, 5.74) is 2.02. The molecule has 162 valence electrons. The first kappa shape index (κ1) is 19.5. The summed E-state index contributed by atoms with van der Waals surface area (Å²) in [6.07, 6.45) is 4.64. The molecule has 31 heavy (non-hydrogen) atoms. The van der Waals surface area contributed by atoms with E-state index in [0.29, 0.717) is 26.2 Å². The van der Waals surface area contributed by atoms with Gasteiger partial charge in [0.05, 0.1) is 12.0 Å². The molecule has 2 aliphatic rings. The van der Waals surface area contributed by atoms with E-state index in [1.807, 2.05) is 0 Å². The van der Waals surface area contributed by atoms with Crippen LogP contribution in [0.1, 0.15) is 17.7 Å². The summed E-state index contributed by atoms with van der Waals surface area (Å²) < 4.78 is 3.87. The summed E-state index contributed by atoms with van der Waals surface area (Å²) in [6.45, 7) is 2.50. The summed E-state index contributed by atoms with van der Waals surface area (Å²) in [5.74, 6) is 0.785. The number of carbonyl (C=O) groups is 1. The van der Waals surface area contributed by atoms with Crippen LogP contribution in [0, 0.1) is 0 Å². The van der Waals surface area contributed by atoms with E-state index in [-0.39, 0.29) is 23.6 Å². The molecule has 0 unspecified atom stereocenters. The van der Waals surface area contributed by atoms with E-state index >= 15 is 0 Å². The first-order chi connectivity index (χ1) is 14.9. The summed E-state index contributed by atoms with van der Waals surface area (Å²) in [6, 6.07) is 2.13. The van der Waals surface area contributed by atoms with E-state index in [1.165, 1.54) is 28.1 Å². The highest BCUT2D eigenvalue weighted by atomic mass is 16.2. The first-order valence-corrected chi connectivity index (χ1v) is 10.4. The molecule has 0 saturated carbocycles. The first-order valence-electron chi connectivity index (χ1n) is 10.4. The van der Waals surface area contributed by atoms with Crippen molar-refractivity contribution in [2.45, 2.75) is 25.8 Å². The van der Waals surface area contributed by atoms with Crippen molar-refractivity contribution >= 4 is 22.9 Å². The average molecular weight is 424 g/mol. The van der Waals surface area contributed by atoms with E-state index in [9.17, 15) is 14.4 Å². The van der Waals surface area contributed by atoms with E-state index in [4.69, 9.17) is 0 Å². The Morgan fingerprint density at radius 3 is 2.58 bits per heavy atom. The molecular formula is C20H24N8O3. The third-order valence-corrected chi connectivity index (χ3v) is 6.29. The van der Waals surface area contributed by atoms with Gasteiger partial charge in [0.2, 0.25) is 5.91 Å². The number of aromatic nitrogens is 6. The monoisotopic (exact) mass is 424 g/mol. The molecule has 1 amide bonds. The largest absolute Gasteiger partial charge is 0.352 e. The van der Waals surface area contributed by atoms with Crippen LogP contribution in [-0.2, 0) is 38.3 Å². The zero-order valence-electron chi connectivity index (χ0n) is 17.6. The van der Waals surface area contributed by atoms with Gasteiger partial charge in [-0.2, -0.15) is 5.10 Å². The van der Waals surface area contributed by atoms with Crippen LogP contribution >= 0.6 is 0 Å². The Hall–Kier alpha value is -3.50. The second kappa shape index (κ2) is 7.33. The molecule has 1 fully saturated rings. The standard InChI is InChI=1S/C20H24N8O3/c1-24-18-17(19(30)25(2)20(24)31)28(12-21-18)11-16(29)27-8-6-26(7-9-27)15-10-13-4-3-5-14(13)22-23-15/h10,12H,3-9,11H2,1-2H3. The van der Waals surface area contributed by atoms with Gasteiger partial charge in [-0.3, -0.25) is 18.7 Å². The highest BCUT2D eigenvalue weighted by Crippen LogP contribution is 2.23. The molecule has 11 nitrogen and oxygen atoms in total. The predicted molar refractivity (Wildman–Crippen MR) is 113 cm³/mol. The molecule has 0 radical (unpaired) electrons. The van der Waals surface area contributed by atoms with E-state index < -0.39 is 11.2 Å². The lowest BCUT2D eigenvalue weighted by atomic mass is 10.2. The summed E-state index contributed by atoms with van der Waals surface area (Å²) in [4.78, 5) is 45.7. The second-order valence-corrected chi connectivity index (χ2v) is 8.15. The van der Waals surface area contributed by atoms with Gasteiger partial charge in [0.15, 0.2) is 17.0 Å². The topological polar surface area (TPSA) is 111 Å². The van der Waals surface area contributed by atoms with Crippen molar-refractivity contribution in [1.82, 2.24) is 33.8 Å². The van der Waals surface area contributed by atoms with Gasteiger partial charge in [-0.15, -0.1) is 5.10 Å². The fourth-order valence-corrected chi connectivity index (χ4v) is 4.42. The van der Waals surface area contributed by atoms with Crippen molar-refractivity contribution in [2.75, 3.05) is 31.1 Å². The van der Waals surface area contributed by atoms with Gasteiger partial charge in [-0.25, -0.2) is 9.78 Å². The molecule has 5 rings (SSSR count). The van der Waals surface area contributed by atoms with E-state index in [1.54, 1.807) is 11.9 Å². The second-order valence-electron chi connectivity index (χ2n) is 8.15. The lowest BCUT2D eigenvalue weighted by molar-refractivity contribution is -0.132. The Kier molecular flexibility index (Phi) is 4.60. The highest BCUT2D eigenvalue weighted by molar-refractivity contribution is 5.79. The van der Waals surface area contributed by atoms with Crippen molar-refractivity contribution < 1.29 is 4.79 Å². The minimum atomic E-state index is -0.455. The quantitative estimate of drug-likeness (QED) is 0.534. The Morgan fingerprint density at radius 2 is 1.81 bits per heavy atom. The third-order valence-electron chi connectivity index (χ3n) is 6.29. The van der Waals surface area contributed by atoms with Gasteiger partial charge in [0, 0.05) is 40.3 Å². The van der Waals surface area contributed by atoms with Crippen molar-refractivity contribution in [2.24, 2.45) is 14.1 Å². The number of anilines is 1. The molecule has 0 N–H and O–H groups in total. The van der Waals surface area contributed by atoms with Crippen LogP contribution in [0.3, 0.4) is 0 Å². The van der Waals surface area contributed by atoms with Gasteiger partial charge < -0.3 is 14.4 Å². The molecule has 3 aromatic rings. The average Bonchev–Trinajstić information content (AvgIpc) is 3.43. The molecule has 0 atom stereocenters. The summed E-state index contributed by atoms with van der Waals surface area (Å²) >= 11 is 0. The van der Waals surface area contributed by atoms with Crippen LogP contribution in [0.4, 0.5) is 5.82 Å². The predicted octanol–water partition coefficient (Wildman–Crippen LogP) is -0.939. The number of piperazine rings is 1. The minimum absolute atomic E-state index is 0.00257. The van der Waals surface area contributed by atoms with Crippen LogP contribution in [0.5, 0.6) is 0 Å². The molecule has 3 aromatic heterocycles. The van der Waals surface area contributed by atoms with Crippen LogP contribution in [0.15, 0.2) is 22.0 Å². The number of hydrogen-bond donors (Lipinski definition) is 0. The maximum atomic E-state index is 12.9. The zero-order chi connectivity index (χ0) is 21.7. The van der Waals surface area contributed by atoms with Crippen molar-refractivity contribution in [3.63, 3.8) is 0 Å². The van der Waals surface area contributed by atoms with E-state index in [0.717, 1.165) is 35.3 Å². The fraction of sp³-hybridized carbons (Fsp3) is 0.500. The molecule has 0 spiro atoms. The van der Waals surface area contributed by atoms with Crippen LogP contribution in [-0.4, -0.2) is 65.9 Å². The van der Waals surface area contributed by atoms with Crippen molar-refractivity contribution in [3.05, 3.63) is 44.5 Å². The Bertz CT molecular complexity index is 1300. The Morgan fingerprint density at radius 1 is 1.03 bits per heavy atom. The maximum Gasteiger partial charge on any atom is 0.332 e. The Balaban J connectivity index is 1.29. The fourth-order valence-electron chi connectivity index (χ4n) is 4.42. The number of fused-ring (bicyclic) bond motifs is 2. The minimum Gasteiger partial charge on any atom is -0.352 e. The number of nitrogens with zero attached hydrogens (tertiary/aromatic N) is 8. The van der Waals surface area contributed by atoms with Gasteiger partial charge in [-0.1, -0.05) is 0 Å². The normalized spacial score (nSPS) is 16.2. The maximum absolute atomic E-state index is 12.9. The summed E-state index contributed by atoms with van der Waals surface area (Å²) in [7, 11) is 2.98. The van der Waals surface area contributed by atoms with Crippen LogP contribution in [0.2, 0.25) is 0 Å². The number of amides is 1. The zero-order valence-corrected chi connectivity index (χ0v) is 17.6. The van der Waals surface area contributed by atoms with Crippen LogP contribution in [0.25, 0.3) is 11.2 Å².